The van der Waals surface area contributed by atoms with E-state index in [4.69, 9.17) is 10.5 Å². The second-order valence-electron chi connectivity index (χ2n) is 8.24. The summed E-state index contributed by atoms with van der Waals surface area (Å²) in [6.45, 7) is -0.108. The summed E-state index contributed by atoms with van der Waals surface area (Å²) in [5, 5.41) is 25.1. The Morgan fingerprint density at radius 2 is 1.38 bits per heavy atom. The molecule has 0 bridgehead atoms. The highest BCUT2D eigenvalue weighted by Crippen LogP contribution is 2.44. The maximum absolute atomic E-state index is 13.2. The monoisotopic (exact) mass is 504 g/mol. The van der Waals surface area contributed by atoms with Crippen molar-refractivity contribution in [3.8, 4) is 11.1 Å². The van der Waals surface area contributed by atoms with Crippen LogP contribution in [0.4, 0.5) is 16.2 Å². The molecule has 188 valence electrons. The third kappa shape index (κ3) is 4.98. The van der Waals surface area contributed by atoms with Crippen LogP contribution in [0.5, 0.6) is 0 Å². The predicted octanol–water partition coefficient (Wildman–Crippen LogP) is 3.47. The highest BCUT2D eigenvalue weighted by atomic mass is 16.6. The van der Waals surface area contributed by atoms with Crippen LogP contribution < -0.4 is 11.1 Å². The Morgan fingerprint density at radius 3 is 1.86 bits per heavy atom. The zero-order chi connectivity index (χ0) is 26.7. The standard InChI is InChI=1S/C25H20N4O8/c26-22(30)12-19(24(31)23-20(28(33)34)10-5-11-21(23)29(35)36)27-25(32)37-13-18-16-8-3-1-6-14(16)15-7-2-4-9-17(15)18/h1-11,18-19H,12-13H2,(H2,26,30)(H,27,32)/t19-/m0/s1. The van der Waals surface area contributed by atoms with Crippen LogP contribution in [-0.2, 0) is 9.53 Å². The molecule has 0 saturated carbocycles. The number of alkyl carbamates (subject to hydrolysis) is 1. The zero-order valence-electron chi connectivity index (χ0n) is 19.2. The Bertz CT molecular complexity index is 1360. The molecule has 0 saturated heterocycles. The minimum absolute atomic E-state index is 0.108. The number of hydrogen-bond donors (Lipinski definition) is 2. The van der Waals surface area contributed by atoms with Gasteiger partial charge in [0.15, 0.2) is 11.3 Å². The molecule has 1 atom stereocenters. The maximum Gasteiger partial charge on any atom is 0.407 e. The van der Waals surface area contributed by atoms with E-state index in [1.165, 1.54) is 0 Å². The minimum Gasteiger partial charge on any atom is -0.449 e. The number of nitro benzene ring substituents is 2. The van der Waals surface area contributed by atoms with Gasteiger partial charge >= 0.3 is 6.09 Å². The number of nitro groups is 2. The third-order valence-electron chi connectivity index (χ3n) is 6.02. The average Bonchev–Trinajstić information content (AvgIpc) is 3.19. The van der Waals surface area contributed by atoms with E-state index in [-0.39, 0.29) is 12.5 Å². The number of ether oxygens (including phenoxy) is 1. The highest BCUT2D eigenvalue weighted by molar-refractivity contribution is 6.09. The second-order valence-corrected chi connectivity index (χ2v) is 8.24. The summed E-state index contributed by atoms with van der Waals surface area (Å²) in [5.41, 5.74) is 6.54. The molecule has 12 heteroatoms. The summed E-state index contributed by atoms with van der Waals surface area (Å²) in [6.07, 6.45) is -1.85. The van der Waals surface area contributed by atoms with Crippen LogP contribution in [0.1, 0.15) is 33.8 Å². The number of rotatable bonds is 9. The molecule has 1 aliphatic carbocycles. The van der Waals surface area contributed by atoms with E-state index in [2.05, 4.69) is 5.32 Å². The lowest BCUT2D eigenvalue weighted by molar-refractivity contribution is -0.394. The lowest BCUT2D eigenvalue weighted by Gasteiger charge is -2.18. The molecule has 0 spiro atoms. The van der Waals surface area contributed by atoms with Crippen LogP contribution in [-0.4, -0.2) is 40.3 Å². The van der Waals surface area contributed by atoms with Crippen molar-refractivity contribution in [3.63, 3.8) is 0 Å². The van der Waals surface area contributed by atoms with Crippen LogP contribution in [0.25, 0.3) is 11.1 Å². The van der Waals surface area contributed by atoms with Crippen LogP contribution in [0, 0.1) is 20.2 Å². The van der Waals surface area contributed by atoms with E-state index in [0.29, 0.717) is 0 Å². The van der Waals surface area contributed by atoms with Crippen molar-refractivity contribution >= 4 is 29.2 Å². The molecule has 1 aliphatic rings. The largest absolute Gasteiger partial charge is 0.449 e. The van der Waals surface area contributed by atoms with Crippen LogP contribution >= 0.6 is 0 Å². The molecule has 0 aromatic heterocycles. The molecule has 3 aromatic rings. The van der Waals surface area contributed by atoms with Crippen molar-refractivity contribution in [1.82, 2.24) is 5.32 Å². The molecule has 12 nitrogen and oxygen atoms in total. The molecule has 0 radical (unpaired) electrons. The first-order valence-corrected chi connectivity index (χ1v) is 11.0. The van der Waals surface area contributed by atoms with Crippen molar-refractivity contribution < 1.29 is 29.0 Å². The first-order valence-electron chi connectivity index (χ1n) is 11.0. The molecule has 2 amide bonds. The molecular weight excluding hydrogens is 484 g/mol. The van der Waals surface area contributed by atoms with Gasteiger partial charge in [0, 0.05) is 18.1 Å². The SMILES string of the molecule is NC(=O)C[C@H](NC(=O)OCC1c2ccccc2-c2ccccc21)C(=O)c1c([N+](=O)[O-])cccc1[N+](=O)[O-]. The summed E-state index contributed by atoms with van der Waals surface area (Å²) in [5.74, 6) is -2.52. The molecule has 3 N–H and O–H groups in total. The predicted molar refractivity (Wildman–Crippen MR) is 130 cm³/mol. The number of carbonyl (C=O) groups excluding carboxylic acids is 3. The Morgan fingerprint density at radius 1 is 0.865 bits per heavy atom. The number of benzene rings is 3. The number of nitrogens with two attached hydrogens (primary N) is 1. The number of ketones is 1. The number of nitrogens with zero attached hydrogens (tertiary/aromatic N) is 2. The smallest absolute Gasteiger partial charge is 0.407 e. The van der Waals surface area contributed by atoms with Gasteiger partial charge in [0.05, 0.1) is 16.3 Å². The summed E-state index contributed by atoms with van der Waals surface area (Å²) < 4.78 is 5.37. The van der Waals surface area contributed by atoms with Crippen LogP contribution in [0.2, 0.25) is 0 Å². The first-order chi connectivity index (χ1) is 17.7. The highest BCUT2D eigenvalue weighted by Gasteiger charge is 2.36. The fourth-order valence-corrected chi connectivity index (χ4v) is 4.45. The van der Waals surface area contributed by atoms with Crippen LogP contribution in [0.3, 0.4) is 0 Å². The van der Waals surface area contributed by atoms with E-state index in [1.54, 1.807) is 0 Å². The fourth-order valence-electron chi connectivity index (χ4n) is 4.45. The number of primary amides is 1. The number of Topliss-reactive ketones (excluding diaryl/α,β-unsaturated/α-hetero) is 1. The Labute approximate surface area is 209 Å². The molecule has 0 aliphatic heterocycles. The maximum atomic E-state index is 13.2. The van der Waals surface area contributed by atoms with E-state index in [9.17, 15) is 34.6 Å². The van der Waals surface area contributed by atoms with Crippen molar-refractivity contribution in [3.05, 3.63) is 104 Å². The van der Waals surface area contributed by atoms with Gasteiger partial charge in [0.2, 0.25) is 5.91 Å². The number of carbonyl (C=O) groups is 3. The van der Waals surface area contributed by atoms with Gasteiger partial charge in [-0.1, -0.05) is 48.5 Å². The molecule has 0 fully saturated rings. The molecule has 0 unspecified atom stereocenters. The van der Waals surface area contributed by atoms with E-state index >= 15 is 0 Å². The lowest BCUT2D eigenvalue weighted by Crippen LogP contribution is -2.44. The number of hydrogen-bond acceptors (Lipinski definition) is 8. The van der Waals surface area contributed by atoms with Gasteiger partial charge in [-0.25, -0.2) is 4.79 Å². The number of fused-ring (bicyclic) bond motifs is 3. The molecule has 37 heavy (non-hydrogen) atoms. The second kappa shape index (κ2) is 10.2. The Hall–Kier alpha value is -5.13. The van der Waals surface area contributed by atoms with Gasteiger partial charge in [-0.3, -0.25) is 29.8 Å². The normalized spacial score (nSPS) is 12.6. The molecular formula is C25H20N4O8. The van der Waals surface area contributed by atoms with E-state index in [0.717, 1.165) is 40.5 Å². The van der Waals surface area contributed by atoms with Gasteiger partial charge in [-0.15, -0.1) is 0 Å². The lowest BCUT2D eigenvalue weighted by atomic mass is 9.98. The minimum atomic E-state index is -1.73. The van der Waals surface area contributed by atoms with E-state index < -0.39 is 57.0 Å². The summed E-state index contributed by atoms with van der Waals surface area (Å²) in [6, 6.07) is 16.4. The van der Waals surface area contributed by atoms with Gasteiger partial charge in [-0.2, -0.15) is 0 Å². The Kier molecular flexibility index (Phi) is 6.91. The average molecular weight is 504 g/mol. The summed E-state index contributed by atoms with van der Waals surface area (Å²) in [7, 11) is 0. The summed E-state index contributed by atoms with van der Waals surface area (Å²) in [4.78, 5) is 58.4. The molecule has 0 heterocycles. The number of amides is 2. The van der Waals surface area contributed by atoms with Gasteiger partial charge < -0.3 is 15.8 Å². The number of nitrogens with one attached hydrogen (secondary N) is 1. The fraction of sp³-hybridized carbons (Fsp3) is 0.160. The zero-order valence-corrected chi connectivity index (χ0v) is 19.2. The van der Waals surface area contributed by atoms with Gasteiger partial charge in [0.25, 0.3) is 11.4 Å². The molecule has 4 rings (SSSR count). The Balaban J connectivity index is 1.56. The van der Waals surface area contributed by atoms with Crippen molar-refractivity contribution in [2.24, 2.45) is 5.73 Å². The topological polar surface area (TPSA) is 185 Å². The quantitative estimate of drug-likeness (QED) is 0.252. The van der Waals surface area contributed by atoms with Gasteiger partial charge in [0.1, 0.15) is 12.6 Å². The first kappa shape index (κ1) is 25.0. The molecule has 3 aromatic carbocycles. The van der Waals surface area contributed by atoms with Crippen molar-refractivity contribution in [2.45, 2.75) is 18.4 Å². The van der Waals surface area contributed by atoms with Crippen LogP contribution in [0.15, 0.2) is 66.7 Å². The van der Waals surface area contributed by atoms with Crippen molar-refractivity contribution in [1.29, 1.82) is 0 Å². The van der Waals surface area contributed by atoms with E-state index in [1.807, 2.05) is 48.5 Å². The van der Waals surface area contributed by atoms with Crippen molar-refractivity contribution in [2.75, 3.05) is 6.61 Å². The third-order valence-corrected chi connectivity index (χ3v) is 6.02. The van der Waals surface area contributed by atoms with Gasteiger partial charge in [-0.05, 0) is 28.3 Å². The summed E-state index contributed by atoms with van der Waals surface area (Å²) >= 11 is 0.